The molecule has 0 aliphatic heterocycles. The van der Waals surface area contributed by atoms with Crippen molar-refractivity contribution in [2.75, 3.05) is 12.4 Å². The van der Waals surface area contributed by atoms with Crippen molar-refractivity contribution in [3.05, 3.63) is 60.2 Å². The van der Waals surface area contributed by atoms with Gasteiger partial charge in [0.1, 0.15) is 10.1 Å². The number of nitrogens with one attached hydrogen (secondary N) is 1. The Hall–Kier alpha value is -1.71. The summed E-state index contributed by atoms with van der Waals surface area (Å²) in [5.74, 6) is -0.0877. The Morgan fingerprint density at radius 2 is 1.73 bits per heavy atom. The molecule has 0 bridgehead atoms. The normalized spacial score (nSPS) is 22.0. The number of methoxy groups -OCH3 is 1. The molecule has 0 aromatic heterocycles. The summed E-state index contributed by atoms with van der Waals surface area (Å²) >= 11 is 12.6. The SMILES string of the molecule is COc1ccc(NC(=O)[C@H]2[C@@H](c3ccccc3)C2(Cl)Cl)cc1. The van der Waals surface area contributed by atoms with E-state index in [1.807, 2.05) is 30.3 Å². The van der Waals surface area contributed by atoms with E-state index in [4.69, 9.17) is 27.9 Å². The van der Waals surface area contributed by atoms with Gasteiger partial charge in [-0.2, -0.15) is 0 Å². The molecule has 1 aliphatic rings. The Morgan fingerprint density at radius 1 is 1.09 bits per heavy atom. The van der Waals surface area contributed by atoms with Gasteiger partial charge in [0.15, 0.2) is 0 Å². The zero-order valence-electron chi connectivity index (χ0n) is 11.9. The van der Waals surface area contributed by atoms with Gasteiger partial charge < -0.3 is 10.1 Å². The van der Waals surface area contributed by atoms with E-state index in [-0.39, 0.29) is 11.8 Å². The molecule has 3 nitrogen and oxygen atoms in total. The summed E-state index contributed by atoms with van der Waals surface area (Å²) in [6, 6.07) is 16.7. The maximum atomic E-state index is 12.4. The molecule has 3 rings (SSSR count). The topological polar surface area (TPSA) is 38.3 Å². The summed E-state index contributed by atoms with van der Waals surface area (Å²) in [6.45, 7) is 0. The van der Waals surface area contributed by atoms with Gasteiger partial charge in [-0.3, -0.25) is 4.79 Å². The van der Waals surface area contributed by atoms with E-state index < -0.39 is 10.3 Å². The number of carbonyl (C=O) groups excluding carboxylic acids is 1. The number of halogens is 2. The van der Waals surface area contributed by atoms with Gasteiger partial charge in [0.2, 0.25) is 5.91 Å². The minimum absolute atomic E-state index is 0.177. The second-order valence-corrected chi connectivity index (χ2v) is 6.70. The van der Waals surface area contributed by atoms with Crippen LogP contribution in [0.15, 0.2) is 54.6 Å². The van der Waals surface area contributed by atoms with E-state index in [1.165, 1.54) is 0 Å². The standard InChI is InChI=1S/C17H15Cl2NO2/c1-22-13-9-7-12(8-10-13)20-16(21)15-14(17(15,18)19)11-5-3-2-4-6-11/h2-10,14-15H,1H3,(H,20,21)/t14-,15-/m1/s1. The Morgan fingerprint density at radius 3 is 2.32 bits per heavy atom. The molecule has 0 radical (unpaired) electrons. The number of amides is 1. The highest BCUT2D eigenvalue weighted by atomic mass is 35.5. The van der Waals surface area contributed by atoms with Crippen molar-refractivity contribution in [1.82, 2.24) is 0 Å². The molecule has 22 heavy (non-hydrogen) atoms. The maximum absolute atomic E-state index is 12.4. The number of anilines is 1. The summed E-state index contributed by atoms with van der Waals surface area (Å²) < 4.78 is 4.03. The number of alkyl halides is 2. The van der Waals surface area contributed by atoms with Crippen molar-refractivity contribution in [2.45, 2.75) is 10.3 Å². The largest absolute Gasteiger partial charge is 0.497 e. The Balaban J connectivity index is 1.72. The molecular formula is C17H15Cl2NO2. The molecule has 114 valence electrons. The van der Waals surface area contributed by atoms with E-state index >= 15 is 0 Å². The van der Waals surface area contributed by atoms with Crippen LogP contribution in [0.25, 0.3) is 0 Å². The van der Waals surface area contributed by atoms with Crippen molar-refractivity contribution in [2.24, 2.45) is 5.92 Å². The Labute approximate surface area is 139 Å². The molecule has 2 aromatic rings. The van der Waals surface area contributed by atoms with Crippen LogP contribution in [0, 0.1) is 5.92 Å². The second-order valence-electron chi connectivity index (χ2n) is 5.26. The Kier molecular flexibility index (Phi) is 4.02. The fourth-order valence-electron chi connectivity index (χ4n) is 2.62. The van der Waals surface area contributed by atoms with Crippen LogP contribution in [0.1, 0.15) is 11.5 Å². The first-order valence-corrected chi connectivity index (χ1v) is 7.67. The van der Waals surface area contributed by atoms with Gasteiger partial charge >= 0.3 is 0 Å². The molecule has 1 N–H and O–H groups in total. The summed E-state index contributed by atoms with van der Waals surface area (Å²) in [7, 11) is 1.59. The van der Waals surface area contributed by atoms with Crippen LogP contribution >= 0.6 is 23.2 Å². The summed E-state index contributed by atoms with van der Waals surface area (Å²) in [4.78, 5) is 12.4. The first-order valence-electron chi connectivity index (χ1n) is 6.91. The maximum Gasteiger partial charge on any atom is 0.231 e. The van der Waals surface area contributed by atoms with Crippen LogP contribution in [-0.4, -0.2) is 17.4 Å². The van der Waals surface area contributed by atoms with Gasteiger partial charge in [-0.15, -0.1) is 23.2 Å². The van der Waals surface area contributed by atoms with Gasteiger partial charge in [0.25, 0.3) is 0 Å². The van der Waals surface area contributed by atoms with Gasteiger partial charge in [-0.25, -0.2) is 0 Å². The fourth-order valence-corrected chi connectivity index (χ4v) is 3.45. The van der Waals surface area contributed by atoms with Crippen LogP contribution in [0.4, 0.5) is 5.69 Å². The molecule has 0 unspecified atom stereocenters. The van der Waals surface area contributed by atoms with E-state index in [0.717, 1.165) is 11.3 Å². The highest BCUT2D eigenvalue weighted by molar-refractivity contribution is 6.53. The lowest BCUT2D eigenvalue weighted by Crippen LogP contribution is -2.17. The third kappa shape index (κ3) is 2.79. The third-order valence-corrected chi connectivity index (χ3v) is 4.79. The monoisotopic (exact) mass is 335 g/mol. The zero-order chi connectivity index (χ0) is 15.7. The average molecular weight is 336 g/mol. The first-order chi connectivity index (χ1) is 10.5. The number of carbonyl (C=O) groups is 1. The summed E-state index contributed by atoms with van der Waals surface area (Å²) in [5.41, 5.74) is 1.66. The van der Waals surface area contributed by atoms with Crippen LogP contribution in [0.2, 0.25) is 0 Å². The molecule has 1 saturated carbocycles. The molecule has 0 heterocycles. The fraction of sp³-hybridized carbons (Fsp3) is 0.235. The summed E-state index contributed by atoms with van der Waals surface area (Å²) in [5, 5.41) is 2.85. The van der Waals surface area contributed by atoms with Crippen molar-refractivity contribution in [1.29, 1.82) is 0 Å². The predicted molar refractivity (Wildman–Crippen MR) is 88.7 cm³/mol. The van der Waals surface area contributed by atoms with E-state index in [9.17, 15) is 4.79 Å². The highest BCUT2D eigenvalue weighted by Gasteiger charge is 2.67. The highest BCUT2D eigenvalue weighted by Crippen LogP contribution is 2.65. The van der Waals surface area contributed by atoms with E-state index in [2.05, 4.69) is 5.32 Å². The van der Waals surface area contributed by atoms with Gasteiger partial charge in [0.05, 0.1) is 13.0 Å². The minimum Gasteiger partial charge on any atom is -0.497 e. The summed E-state index contributed by atoms with van der Waals surface area (Å²) in [6.07, 6.45) is 0. The van der Waals surface area contributed by atoms with Crippen LogP contribution in [0.5, 0.6) is 5.75 Å². The van der Waals surface area contributed by atoms with Crippen LogP contribution in [0.3, 0.4) is 0 Å². The smallest absolute Gasteiger partial charge is 0.231 e. The number of hydrogen-bond donors (Lipinski definition) is 1. The van der Waals surface area contributed by atoms with Crippen molar-refractivity contribution < 1.29 is 9.53 Å². The zero-order valence-corrected chi connectivity index (χ0v) is 13.4. The van der Waals surface area contributed by atoms with Crippen LogP contribution < -0.4 is 10.1 Å². The van der Waals surface area contributed by atoms with Crippen molar-refractivity contribution >= 4 is 34.8 Å². The molecule has 1 fully saturated rings. The number of rotatable bonds is 4. The Bertz CT molecular complexity index is 671. The molecule has 0 saturated heterocycles. The lowest BCUT2D eigenvalue weighted by atomic mass is 10.1. The molecule has 5 heteroatoms. The first kappa shape index (κ1) is 15.2. The van der Waals surface area contributed by atoms with Gasteiger partial charge in [-0.05, 0) is 29.8 Å². The number of hydrogen-bond acceptors (Lipinski definition) is 2. The predicted octanol–water partition coefficient (Wildman–Crippen LogP) is 4.22. The average Bonchev–Trinajstić information content (AvgIpc) is 3.11. The van der Waals surface area contributed by atoms with Crippen LogP contribution in [-0.2, 0) is 4.79 Å². The molecule has 0 spiro atoms. The van der Waals surface area contributed by atoms with Gasteiger partial charge in [-0.1, -0.05) is 30.3 Å². The lowest BCUT2D eigenvalue weighted by molar-refractivity contribution is -0.117. The molecule has 1 amide bonds. The van der Waals surface area contributed by atoms with E-state index in [1.54, 1.807) is 31.4 Å². The van der Waals surface area contributed by atoms with E-state index in [0.29, 0.717) is 5.69 Å². The van der Waals surface area contributed by atoms with Crippen molar-refractivity contribution in [3.8, 4) is 5.75 Å². The number of ether oxygens (including phenoxy) is 1. The molecule has 2 aromatic carbocycles. The number of benzene rings is 2. The third-order valence-electron chi connectivity index (χ3n) is 3.85. The van der Waals surface area contributed by atoms with Crippen molar-refractivity contribution in [3.63, 3.8) is 0 Å². The molecule has 1 aliphatic carbocycles. The molecule has 2 atom stereocenters. The minimum atomic E-state index is -1.06. The second kappa shape index (κ2) is 5.82. The lowest BCUT2D eigenvalue weighted by Gasteiger charge is -2.06. The quantitative estimate of drug-likeness (QED) is 0.849. The molecular weight excluding hydrogens is 321 g/mol. The van der Waals surface area contributed by atoms with Gasteiger partial charge in [0, 0.05) is 11.6 Å².